The summed E-state index contributed by atoms with van der Waals surface area (Å²) in [4.78, 5) is 50.6. The number of carbonyl (C=O) groups is 4. The van der Waals surface area contributed by atoms with Crippen molar-refractivity contribution in [3.05, 3.63) is 35.4 Å². The molecular weight excluding hydrogens is 336 g/mol. The molecule has 2 fully saturated rings. The summed E-state index contributed by atoms with van der Waals surface area (Å²) >= 11 is 0. The Balaban J connectivity index is 1.67. The number of hydrogen-bond donors (Lipinski definition) is 2. The van der Waals surface area contributed by atoms with Crippen LogP contribution in [0.15, 0.2) is 24.3 Å². The zero-order valence-electron chi connectivity index (χ0n) is 14.4. The maximum absolute atomic E-state index is 12.6. The smallest absolute Gasteiger partial charge is 0.253 e. The molecule has 138 valence electrons. The lowest BCUT2D eigenvalue weighted by atomic mass is 9.95. The number of nitrogens with zero attached hydrogens (tertiary/aromatic N) is 2. The van der Waals surface area contributed by atoms with Crippen molar-refractivity contribution in [1.29, 1.82) is 0 Å². The van der Waals surface area contributed by atoms with Crippen LogP contribution < -0.4 is 11.5 Å². The molecule has 0 spiro atoms. The van der Waals surface area contributed by atoms with E-state index in [9.17, 15) is 19.2 Å². The lowest BCUT2D eigenvalue weighted by Crippen LogP contribution is -2.36. The number of amides is 4. The molecule has 3 rings (SSSR count). The van der Waals surface area contributed by atoms with Crippen LogP contribution in [0, 0.1) is 11.8 Å². The Bertz CT molecular complexity index is 724. The van der Waals surface area contributed by atoms with E-state index in [0.29, 0.717) is 18.5 Å². The van der Waals surface area contributed by atoms with Crippen molar-refractivity contribution >= 4 is 23.6 Å². The van der Waals surface area contributed by atoms with Crippen LogP contribution in [0.1, 0.15) is 28.8 Å². The fourth-order valence-electron chi connectivity index (χ4n) is 3.57. The van der Waals surface area contributed by atoms with Gasteiger partial charge in [0, 0.05) is 38.2 Å². The first-order chi connectivity index (χ1) is 12.4. The second-order valence-corrected chi connectivity index (χ2v) is 6.84. The molecule has 1 aromatic carbocycles. The minimum atomic E-state index is -0.753. The molecule has 2 heterocycles. The maximum Gasteiger partial charge on any atom is 0.253 e. The second-order valence-electron chi connectivity index (χ2n) is 6.84. The maximum atomic E-state index is 12.6. The Morgan fingerprint density at radius 3 is 2.04 bits per heavy atom. The molecule has 26 heavy (non-hydrogen) atoms. The Hall–Kier alpha value is -2.90. The summed E-state index contributed by atoms with van der Waals surface area (Å²) in [6.07, 6.45) is 1.47. The van der Waals surface area contributed by atoms with E-state index in [-0.39, 0.29) is 24.9 Å². The summed E-state index contributed by atoms with van der Waals surface area (Å²) in [5, 5.41) is 0. The average Bonchev–Trinajstić information content (AvgIpc) is 3.22. The molecular formula is C18H22N4O4. The molecule has 8 nitrogen and oxygen atoms in total. The number of carbonyl (C=O) groups excluding carboxylic acids is 4. The highest BCUT2D eigenvalue weighted by molar-refractivity contribution is 5.96. The van der Waals surface area contributed by atoms with Gasteiger partial charge in [0.25, 0.3) is 5.91 Å². The van der Waals surface area contributed by atoms with Crippen molar-refractivity contribution in [1.82, 2.24) is 9.80 Å². The highest BCUT2D eigenvalue weighted by Gasteiger charge is 2.41. The van der Waals surface area contributed by atoms with Gasteiger partial charge in [-0.05, 0) is 24.1 Å². The quantitative estimate of drug-likeness (QED) is 0.733. The molecule has 8 heteroatoms. The molecule has 2 aliphatic rings. The van der Waals surface area contributed by atoms with Gasteiger partial charge < -0.3 is 21.3 Å². The normalized spacial score (nSPS) is 22.7. The molecule has 2 atom stereocenters. The zero-order chi connectivity index (χ0) is 18.8. The van der Waals surface area contributed by atoms with E-state index < -0.39 is 23.7 Å². The summed E-state index contributed by atoms with van der Waals surface area (Å²) in [7, 11) is 0. The van der Waals surface area contributed by atoms with E-state index in [2.05, 4.69) is 0 Å². The van der Waals surface area contributed by atoms with Crippen molar-refractivity contribution < 1.29 is 19.2 Å². The SMILES string of the molecule is NC(=O)[C@@H]1CN(C(=O)c2ccc(CN3CCCC3=O)cc2)C[C@H]1C(N)=O. The van der Waals surface area contributed by atoms with Crippen LogP contribution in [-0.2, 0) is 20.9 Å². The lowest BCUT2D eigenvalue weighted by molar-refractivity contribution is -0.129. The number of nitrogens with two attached hydrogens (primary N) is 2. The van der Waals surface area contributed by atoms with Crippen LogP contribution in [0.2, 0.25) is 0 Å². The summed E-state index contributed by atoms with van der Waals surface area (Å²) in [6, 6.07) is 7.00. The van der Waals surface area contributed by atoms with Gasteiger partial charge in [-0.1, -0.05) is 12.1 Å². The third-order valence-corrected chi connectivity index (χ3v) is 5.08. The van der Waals surface area contributed by atoms with E-state index in [4.69, 9.17) is 11.5 Å². The molecule has 4 amide bonds. The van der Waals surface area contributed by atoms with Crippen LogP contribution in [0.4, 0.5) is 0 Å². The van der Waals surface area contributed by atoms with Crippen LogP contribution in [0.25, 0.3) is 0 Å². The molecule has 2 aliphatic heterocycles. The second kappa shape index (κ2) is 7.15. The fourth-order valence-corrected chi connectivity index (χ4v) is 3.57. The Morgan fingerprint density at radius 2 is 1.58 bits per heavy atom. The van der Waals surface area contributed by atoms with Crippen molar-refractivity contribution in [3.8, 4) is 0 Å². The van der Waals surface area contributed by atoms with E-state index in [1.807, 2.05) is 12.1 Å². The van der Waals surface area contributed by atoms with Crippen LogP contribution in [0.5, 0.6) is 0 Å². The van der Waals surface area contributed by atoms with Crippen LogP contribution >= 0.6 is 0 Å². The first-order valence-corrected chi connectivity index (χ1v) is 8.61. The van der Waals surface area contributed by atoms with E-state index in [0.717, 1.165) is 18.5 Å². The number of rotatable bonds is 5. The zero-order valence-corrected chi connectivity index (χ0v) is 14.4. The van der Waals surface area contributed by atoms with Gasteiger partial charge in [0.15, 0.2) is 0 Å². The Labute approximate surface area is 151 Å². The van der Waals surface area contributed by atoms with Gasteiger partial charge in [-0.15, -0.1) is 0 Å². The standard InChI is InChI=1S/C18H22N4O4/c19-16(24)13-9-22(10-14(13)17(20)25)18(26)12-5-3-11(4-6-12)8-21-7-1-2-15(21)23/h3-6,13-14H,1-2,7-10H2,(H2,19,24)(H2,20,25)/t13-,14-/m1/s1. The monoisotopic (exact) mass is 358 g/mol. The topological polar surface area (TPSA) is 127 Å². The fraction of sp³-hybridized carbons (Fsp3) is 0.444. The average molecular weight is 358 g/mol. The van der Waals surface area contributed by atoms with Crippen molar-refractivity contribution in [3.63, 3.8) is 0 Å². The van der Waals surface area contributed by atoms with Gasteiger partial charge in [0.1, 0.15) is 0 Å². The number of benzene rings is 1. The summed E-state index contributed by atoms with van der Waals surface area (Å²) in [5.74, 6) is -2.89. The van der Waals surface area contributed by atoms with Crippen LogP contribution in [0.3, 0.4) is 0 Å². The largest absolute Gasteiger partial charge is 0.369 e. The number of hydrogen-bond acceptors (Lipinski definition) is 4. The van der Waals surface area contributed by atoms with Crippen molar-refractivity contribution in [2.75, 3.05) is 19.6 Å². The Kier molecular flexibility index (Phi) is 4.92. The van der Waals surface area contributed by atoms with Crippen LogP contribution in [-0.4, -0.2) is 53.1 Å². The molecule has 0 aliphatic carbocycles. The molecule has 0 saturated carbocycles. The predicted molar refractivity (Wildman–Crippen MR) is 92.4 cm³/mol. The van der Waals surface area contributed by atoms with Gasteiger partial charge in [-0.3, -0.25) is 19.2 Å². The van der Waals surface area contributed by atoms with Crippen molar-refractivity contribution in [2.24, 2.45) is 23.3 Å². The van der Waals surface area contributed by atoms with Gasteiger partial charge in [0.05, 0.1) is 11.8 Å². The highest BCUT2D eigenvalue weighted by Crippen LogP contribution is 2.25. The first-order valence-electron chi connectivity index (χ1n) is 8.61. The van der Waals surface area contributed by atoms with Gasteiger partial charge >= 0.3 is 0 Å². The summed E-state index contributed by atoms with van der Waals surface area (Å²) in [6.45, 7) is 1.47. The molecule has 0 aromatic heterocycles. The number of primary amides is 2. The summed E-state index contributed by atoms with van der Waals surface area (Å²) < 4.78 is 0. The molecule has 2 saturated heterocycles. The van der Waals surface area contributed by atoms with Gasteiger partial charge in [-0.25, -0.2) is 0 Å². The molecule has 1 aromatic rings. The molecule has 4 N–H and O–H groups in total. The first kappa shape index (κ1) is 17.9. The third-order valence-electron chi connectivity index (χ3n) is 5.08. The molecule has 0 unspecified atom stereocenters. The van der Waals surface area contributed by atoms with E-state index in [1.54, 1.807) is 17.0 Å². The molecule has 0 bridgehead atoms. The Morgan fingerprint density at radius 1 is 1.00 bits per heavy atom. The third kappa shape index (κ3) is 3.54. The van der Waals surface area contributed by atoms with E-state index in [1.165, 1.54) is 4.90 Å². The van der Waals surface area contributed by atoms with Gasteiger partial charge in [0.2, 0.25) is 17.7 Å². The summed E-state index contributed by atoms with van der Waals surface area (Å²) in [5.41, 5.74) is 12.0. The number of likely N-dealkylation sites (tertiary alicyclic amines) is 2. The van der Waals surface area contributed by atoms with Crippen molar-refractivity contribution in [2.45, 2.75) is 19.4 Å². The lowest BCUT2D eigenvalue weighted by Gasteiger charge is -2.18. The minimum Gasteiger partial charge on any atom is -0.369 e. The van der Waals surface area contributed by atoms with Gasteiger partial charge in [-0.2, -0.15) is 0 Å². The predicted octanol–water partition coefficient (Wildman–Crippen LogP) is -0.532. The minimum absolute atomic E-state index is 0.0891. The van der Waals surface area contributed by atoms with E-state index >= 15 is 0 Å². The highest BCUT2D eigenvalue weighted by atomic mass is 16.2. The molecule has 0 radical (unpaired) electrons.